The van der Waals surface area contributed by atoms with Crippen LogP contribution in [0.5, 0.6) is 0 Å². The van der Waals surface area contributed by atoms with Crippen molar-refractivity contribution in [2.75, 3.05) is 13.7 Å². The molecule has 2 fully saturated rings. The third-order valence-electron chi connectivity index (χ3n) is 3.72. The largest absolute Gasteiger partial charge is 0.386 e. The molecule has 1 aromatic carbocycles. The van der Waals surface area contributed by atoms with Gasteiger partial charge in [0.15, 0.2) is 12.6 Å². The Morgan fingerprint density at radius 3 is 2.62 bits per heavy atom. The van der Waals surface area contributed by atoms with Gasteiger partial charge in [0.25, 0.3) is 0 Å². The molecule has 0 bridgehead atoms. The molecule has 3 N–H and O–H groups in total. The highest BCUT2D eigenvalue weighted by Crippen LogP contribution is 2.33. The summed E-state index contributed by atoms with van der Waals surface area (Å²) in [4.78, 5) is 0. The highest BCUT2D eigenvalue weighted by atomic mass is 35.5. The number of benzene rings is 1. The van der Waals surface area contributed by atoms with E-state index in [1.165, 1.54) is 7.11 Å². The van der Waals surface area contributed by atoms with E-state index in [0.29, 0.717) is 6.61 Å². The zero-order valence-electron chi connectivity index (χ0n) is 11.6. The van der Waals surface area contributed by atoms with Crippen LogP contribution in [-0.2, 0) is 18.9 Å². The number of hydrogen-bond donors (Lipinski definition) is 2. The van der Waals surface area contributed by atoms with Crippen molar-refractivity contribution in [2.24, 2.45) is 5.73 Å². The fraction of sp³-hybridized carbons (Fsp3) is 0.571. The first-order valence-electron chi connectivity index (χ1n) is 6.64. The molecule has 1 aromatic rings. The Morgan fingerprint density at radius 1 is 1.24 bits per heavy atom. The number of aliphatic hydroxyl groups excluding tert-OH is 1. The molecule has 7 heteroatoms. The first-order chi connectivity index (χ1) is 9.70. The summed E-state index contributed by atoms with van der Waals surface area (Å²) in [5.41, 5.74) is 6.97. The van der Waals surface area contributed by atoms with Crippen molar-refractivity contribution in [2.45, 2.75) is 36.9 Å². The van der Waals surface area contributed by atoms with Crippen LogP contribution in [-0.4, -0.2) is 49.5 Å². The summed E-state index contributed by atoms with van der Waals surface area (Å²) < 4.78 is 22.2. The van der Waals surface area contributed by atoms with Gasteiger partial charge >= 0.3 is 0 Å². The molecule has 0 amide bonds. The summed E-state index contributed by atoms with van der Waals surface area (Å²) in [7, 11) is 1.47. The Hall–Kier alpha value is -0.730. The number of rotatable bonds is 2. The second-order valence-electron chi connectivity index (χ2n) is 5.02. The molecule has 0 radical (unpaired) electrons. The van der Waals surface area contributed by atoms with Crippen molar-refractivity contribution in [1.29, 1.82) is 0 Å². The number of ether oxygens (including phenoxy) is 4. The van der Waals surface area contributed by atoms with Gasteiger partial charge in [-0.2, -0.15) is 0 Å². The van der Waals surface area contributed by atoms with E-state index in [4.69, 9.17) is 24.7 Å². The number of methoxy groups -OCH3 is 1. The van der Waals surface area contributed by atoms with Crippen LogP contribution in [0.4, 0.5) is 0 Å². The molecule has 6 unspecified atom stereocenters. The molecule has 0 spiro atoms. The lowest BCUT2D eigenvalue weighted by atomic mass is 9.96. The first-order valence-corrected chi connectivity index (χ1v) is 6.64. The number of halogens is 1. The Balaban J connectivity index is 0.00000161. The van der Waals surface area contributed by atoms with Gasteiger partial charge in [-0.15, -0.1) is 12.4 Å². The molecule has 2 saturated heterocycles. The van der Waals surface area contributed by atoms with Gasteiger partial charge in [-0.25, -0.2) is 0 Å². The van der Waals surface area contributed by atoms with Crippen LogP contribution < -0.4 is 5.73 Å². The lowest BCUT2D eigenvalue weighted by Crippen LogP contribution is -2.65. The van der Waals surface area contributed by atoms with E-state index in [1.54, 1.807) is 0 Å². The third-order valence-corrected chi connectivity index (χ3v) is 3.72. The monoisotopic (exact) mass is 317 g/mol. The Morgan fingerprint density at radius 2 is 1.95 bits per heavy atom. The van der Waals surface area contributed by atoms with Crippen molar-refractivity contribution in [1.82, 2.24) is 0 Å². The Kier molecular flexibility index (Phi) is 5.56. The van der Waals surface area contributed by atoms with Crippen molar-refractivity contribution in [3.63, 3.8) is 0 Å². The molecule has 6 nitrogen and oxygen atoms in total. The standard InChI is InChI=1S/C14H19NO5.ClH/c1-17-14-11(16)10(15)12-9(19-14)7-18-13(20-12)8-5-3-2-4-6-8;/h2-6,9-14,16H,7,15H2,1H3;1H. The predicted octanol–water partition coefficient (Wildman–Crippen LogP) is 0.582. The van der Waals surface area contributed by atoms with E-state index in [0.717, 1.165) is 5.56 Å². The SMILES string of the molecule is COC1OC2COC(c3ccccc3)OC2C(N)C1O.Cl. The van der Waals surface area contributed by atoms with E-state index in [-0.39, 0.29) is 18.5 Å². The molecular formula is C14H20ClNO5. The average Bonchev–Trinajstić information content (AvgIpc) is 2.51. The van der Waals surface area contributed by atoms with E-state index in [2.05, 4.69) is 0 Å². The minimum Gasteiger partial charge on any atom is -0.386 e. The molecule has 2 aliphatic heterocycles. The second kappa shape index (κ2) is 7.02. The smallest absolute Gasteiger partial charge is 0.185 e. The zero-order chi connectivity index (χ0) is 14.1. The molecule has 3 rings (SSSR count). The van der Waals surface area contributed by atoms with Gasteiger partial charge in [0.05, 0.1) is 12.6 Å². The van der Waals surface area contributed by atoms with Crippen molar-refractivity contribution < 1.29 is 24.1 Å². The Bertz CT molecular complexity index is 446. The van der Waals surface area contributed by atoms with Crippen LogP contribution in [0.15, 0.2) is 30.3 Å². The van der Waals surface area contributed by atoms with E-state index >= 15 is 0 Å². The van der Waals surface area contributed by atoms with Crippen molar-refractivity contribution in [3.8, 4) is 0 Å². The highest BCUT2D eigenvalue weighted by Gasteiger charge is 2.48. The maximum Gasteiger partial charge on any atom is 0.185 e. The molecule has 2 aliphatic rings. The summed E-state index contributed by atoms with van der Waals surface area (Å²) >= 11 is 0. The van der Waals surface area contributed by atoms with Crippen molar-refractivity contribution in [3.05, 3.63) is 35.9 Å². The van der Waals surface area contributed by atoms with Gasteiger partial charge in [-0.05, 0) is 0 Å². The molecule has 118 valence electrons. The van der Waals surface area contributed by atoms with Gasteiger partial charge in [0.2, 0.25) is 0 Å². The lowest BCUT2D eigenvalue weighted by Gasteiger charge is -2.46. The molecule has 0 aromatic heterocycles. The quantitative estimate of drug-likeness (QED) is 0.830. The van der Waals surface area contributed by atoms with Crippen LogP contribution in [0.1, 0.15) is 11.9 Å². The normalized spacial score (nSPS) is 39.2. The number of hydrogen-bond acceptors (Lipinski definition) is 6. The number of fused-ring (bicyclic) bond motifs is 1. The minimum atomic E-state index is -0.921. The van der Waals surface area contributed by atoms with Crippen LogP contribution in [0.25, 0.3) is 0 Å². The van der Waals surface area contributed by atoms with Crippen molar-refractivity contribution >= 4 is 12.4 Å². The molecule has 2 heterocycles. The summed E-state index contributed by atoms with van der Waals surface area (Å²) in [6.07, 6.45) is -2.91. The van der Waals surface area contributed by atoms with E-state index in [9.17, 15) is 5.11 Å². The molecule has 6 atom stereocenters. The van der Waals surface area contributed by atoms with Crippen LogP contribution >= 0.6 is 12.4 Å². The van der Waals surface area contributed by atoms with Gasteiger partial charge in [0.1, 0.15) is 18.3 Å². The molecular weight excluding hydrogens is 298 g/mol. The zero-order valence-corrected chi connectivity index (χ0v) is 12.4. The topological polar surface area (TPSA) is 83.2 Å². The summed E-state index contributed by atoms with van der Waals surface area (Å²) in [5.74, 6) is 0. The van der Waals surface area contributed by atoms with Crippen LogP contribution in [0.3, 0.4) is 0 Å². The van der Waals surface area contributed by atoms with Gasteiger partial charge in [-0.3, -0.25) is 0 Å². The van der Waals surface area contributed by atoms with E-state index < -0.39 is 30.8 Å². The predicted molar refractivity (Wildman–Crippen MR) is 76.9 cm³/mol. The number of aliphatic hydroxyl groups is 1. The third kappa shape index (κ3) is 3.22. The maximum absolute atomic E-state index is 10.0. The van der Waals surface area contributed by atoms with Gasteiger partial charge in [-0.1, -0.05) is 30.3 Å². The second-order valence-corrected chi connectivity index (χ2v) is 5.02. The Labute approximate surface area is 129 Å². The van der Waals surface area contributed by atoms with Gasteiger partial charge < -0.3 is 29.8 Å². The maximum atomic E-state index is 10.0. The summed E-state index contributed by atoms with van der Waals surface area (Å²) in [6.45, 7) is 0.352. The molecule has 0 saturated carbocycles. The molecule has 0 aliphatic carbocycles. The lowest BCUT2D eigenvalue weighted by molar-refractivity contribution is -0.338. The fourth-order valence-corrected chi connectivity index (χ4v) is 2.61. The highest BCUT2D eigenvalue weighted by molar-refractivity contribution is 5.85. The van der Waals surface area contributed by atoms with Crippen LogP contribution in [0.2, 0.25) is 0 Å². The minimum absolute atomic E-state index is 0. The number of nitrogens with two attached hydrogens (primary N) is 1. The summed E-state index contributed by atoms with van der Waals surface area (Å²) in [5, 5.41) is 10.0. The fourth-order valence-electron chi connectivity index (χ4n) is 2.61. The van der Waals surface area contributed by atoms with Gasteiger partial charge in [0, 0.05) is 12.7 Å². The molecule has 21 heavy (non-hydrogen) atoms. The average molecular weight is 318 g/mol. The first kappa shape index (κ1) is 16.6. The van der Waals surface area contributed by atoms with Crippen LogP contribution in [0, 0.1) is 0 Å². The summed E-state index contributed by atoms with van der Waals surface area (Å²) in [6, 6.07) is 9.04. The van der Waals surface area contributed by atoms with E-state index in [1.807, 2.05) is 30.3 Å².